The third kappa shape index (κ3) is 1.57. The van der Waals surface area contributed by atoms with Crippen molar-refractivity contribution in [3.8, 4) is 11.3 Å². The highest BCUT2D eigenvalue weighted by Gasteiger charge is 2.09. The second-order valence-corrected chi connectivity index (χ2v) is 3.81. The first-order chi connectivity index (χ1) is 6.68. The van der Waals surface area contributed by atoms with E-state index in [1.807, 2.05) is 13.0 Å². The van der Waals surface area contributed by atoms with Crippen LogP contribution in [0.4, 0.5) is 4.39 Å². The molecule has 2 aromatic rings. The third-order valence-corrected chi connectivity index (χ3v) is 2.94. The van der Waals surface area contributed by atoms with Crippen molar-refractivity contribution in [1.29, 1.82) is 0 Å². The van der Waals surface area contributed by atoms with Crippen LogP contribution in [0.15, 0.2) is 28.7 Å². The van der Waals surface area contributed by atoms with Crippen LogP contribution in [0.2, 0.25) is 0 Å². The first kappa shape index (κ1) is 9.40. The van der Waals surface area contributed by atoms with Crippen molar-refractivity contribution < 1.29 is 4.39 Å². The summed E-state index contributed by atoms with van der Waals surface area (Å²) in [7, 11) is 0. The lowest BCUT2D eigenvalue weighted by molar-refractivity contribution is 0.628. The summed E-state index contributed by atoms with van der Waals surface area (Å²) in [5, 5.41) is 6.92. The van der Waals surface area contributed by atoms with E-state index in [0.717, 1.165) is 21.4 Å². The lowest BCUT2D eigenvalue weighted by Gasteiger charge is -1.97. The van der Waals surface area contributed by atoms with E-state index in [1.165, 1.54) is 12.1 Å². The van der Waals surface area contributed by atoms with E-state index in [2.05, 4.69) is 26.1 Å². The largest absolute Gasteiger partial charge is 0.281 e. The molecule has 0 unspecified atom stereocenters. The Morgan fingerprint density at radius 2 is 2.21 bits per heavy atom. The number of rotatable bonds is 1. The normalized spacial score (nSPS) is 10.5. The van der Waals surface area contributed by atoms with Crippen molar-refractivity contribution in [3.63, 3.8) is 0 Å². The molecule has 0 aliphatic heterocycles. The molecule has 0 saturated carbocycles. The predicted octanol–water partition coefficient (Wildman–Crippen LogP) is 3.29. The molecule has 0 fully saturated rings. The number of hydrogen-bond acceptors (Lipinski definition) is 1. The zero-order valence-corrected chi connectivity index (χ0v) is 9.10. The van der Waals surface area contributed by atoms with Gasteiger partial charge in [0.15, 0.2) is 0 Å². The Hall–Kier alpha value is -1.16. The zero-order chi connectivity index (χ0) is 10.1. The van der Waals surface area contributed by atoms with Gasteiger partial charge in [-0.2, -0.15) is 5.10 Å². The molecule has 0 aliphatic carbocycles. The van der Waals surface area contributed by atoms with Crippen LogP contribution in [-0.4, -0.2) is 10.2 Å². The van der Waals surface area contributed by atoms with Gasteiger partial charge in [0.05, 0.1) is 4.47 Å². The summed E-state index contributed by atoms with van der Waals surface area (Å²) in [5.74, 6) is -0.255. The van der Waals surface area contributed by atoms with Gasteiger partial charge in [0.1, 0.15) is 11.5 Å². The second kappa shape index (κ2) is 3.53. The van der Waals surface area contributed by atoms with Crippen molar-refractivity contribution in [3.05, 3.63) is 40.2 Å². The Balaban J connectivity index is 2.55. The summed E-state index contributed by atoms with van der Waals surface area (Å²) < 4.78 is 13.8. The van der Waals surface area contributed by atoms with Crippen molar-refractivity contribution in [2.24, 2.45) is 0 Å². The molecule has 0 atom stereocenters. The molecule has 0 spiro atoms. The number of nitrogens with zero attached hydrogens (tertiary/aromatic N) is 1. The average Bonchev–Trinajstić information content (AvgIpc) is 2.48. The molecule has 0 radical (unpaired) electrons. The monoisotopic (exact) mass is 254 g/mol. The molecular weight excluding hydrogens is 247 g/mol. The summed E-state index contributed by atoms with van der Waals surface area (Å²) in [6.07, 6.45) is 0. The van der Waals surface area contributed by atoms with Gasteiger partial charge in [-0.1, -0.05) is 12.1 Å². The van der Waals surface area contributed by atoms with Crippen LogP contribution in [0.3, 0.4) is 0 Å². The maximum atomic E-state index is 12.9. The standard InChI is InChI=1S/C10H8BrFN2/c1-6-9(11)10(14-13-6)7-3-2-4-8(12)5-7/h2-5H,1H3,(H,13,14). The highest BCUT2D eigenvalue weighted by molar-refractivity contribution is 9.10. The average molecular weight is 255 g/mol. The Kier molecular flexibility index (Phi) is 2.37. The molecule has 4 heteroatoms. The minimum atomic E-state index is -0.255. The van der Waals surface area contributed by atoms with Gasteiger partial charge in [-0.15, -0.1) is 0 Å². The smallest absolute Gasteiger partial charge is 0.123 e. The molecule has 0 aliphatic rings. The Bertz CT molecular complexity index is 465. The van der Waals surface area contributed by atoms with Gasteiger partial charge in [-0.25, -0.2) is 4.39 Å². The summed E-state index contributed by atoms with van der Waals surface area (Å²) in [6.45, 7) is 1.90. The van der Waals surface area contributed by atoms with E-state index in [9.17, 15) is 4.39 Å². The number of halogens is 2. The number of H-pyrrole nitrogens is 1. The van der Waals surface area contributed by atoms with Crippen LogP contribution >= 0.6 is 15.9 Å². The topological polar surface area (TPSA) is 28.7 Å². The Labute approximate surface area is 89.3 Å². The zero-order valence-electron chi connectivity index (χ0n) is 7.51. The summed E-state index contributed by atoms with van der Waals surface area (Å²) in [5.41, 5.74) is 2.44. The van der Waals surface area contributed by atoms with Gasteiger partial charge in [-0.05, 0) is 35.0 Å². The highest BCUT2D eigenvalue weighted by Crippen LogP contribution is 2.28. The fraction of sp³-hybridized carbons (Fsp3) is 0.100. The van der Waals surface area contributed by atoms with Crippen LogP contribution in [0.5, 0.6) is 0 Å². The number of aromatic amines is 1. The minimum absolute atomic E-state index is 0.255. The van der Waals surface area contributed by atoms with Gasteiger partial charge in [0.2, 0.25) is 0 Å². The quantitative estimate of drug-likeness (QED) is 0.832. The van der Waals surface area contributed by atoms with E-state index < -0.39 is 0 Å². The van der Waals surface area contributed by atoms with E-state index in [-0.39, 0.29) is 5.82 Å². The number of benzene rings is 1. The molecule has 0 saturated heterocycles. The molecule has 0 amide bonds. The third-order valence-electron chi connectivity index (χ3n) is 1.97. The predicted molar refractivity (Wildman–Crippen MR) is 56.4 cm³/mol. The summed E-state index contributed by atoms with van der Waals surface area (Å²) in [4.78, 5) is 0. The number of aryl methyl sites for hydroxylation is 1. The van der Waals surface area contributed by atoms with Gasteiger partial charge in [0, 0.05) is 11.3 Å². The SMILES string of the molecule is Cc1[nH]nc(-c2cccc(F)c2)c1Br. The van der Waals surface area contributed by atoms with Gasteiger partial charge < -0.3 is 0 Å². The van der Waals surface area contributed by atoms with Crippen molar-refractivity contribution in [2.45, 2.75) is 6.92 Å². The van der Waals surface area contributed by atoms with E-state index in [4.69, 9.17) is 0 Å². The van der Waals surface area contributed by atoms with Crippen LogP contribution < -0.4 is 0 Å². The Morgan fingerprint density at radius 1 is 1.43 bits per heavy atom. The highest BCUT2D eigenvalue weighted by atomic mass is 79.9. The van der Waals surface area contributed by atoms with Crippen LogP contribution in [0, 0.1) is 12.7 Å². The summed E-state index contributed by atoms with van der Waals surface area (Å²) in [6, 6.07) is 6.36. The van der Waals surface area contributed by atoms with E-state index in [0.29, 0.717) is 0 Å². The van der Waals surface area contributed by atoms with Crippen LogP contribution in [0.25, 0.3) is 11.3 Å². The number of nitrogens with one attached hydrogen (secondary N) is 1. The van der Waals surface area contributed by atoms with Crippen molar-refractivity contribution >= 4 is 15.9 Å². The second-order valence-electron chi connectivity index (χ2n) is 3.02. The lowest BCUT2D eigenvalue weighted by atomic mass is 10.1. The van der Waals surface area contributed by atoms with E-state index in [1.54, 1.807) is 6.07 Å². The van der Waals surface area contributed by atoms with E-state index >= 15 is 0 Å². The maximum Gasteiger partial charge on any atom is 0.123 e. The van der Waals surface area contributed by atoms with Gasteiger partial charge in [0.25, 0.3) is 0 Å². The molecule has 1 heterocycles. The summed E-state index contributed by atoms with van der Waals surface area (Å²) >= 11 is 3.40. The Morgan fingerprint density at radius 3 is 2.79 bits per heavy atom. The van der Waals surface area contributed by atoms with Crippen molar-refractivity contribution in [2.75, 3.05) is 0 Å². The molecule has 0 bridgehead atoms. The molecule has 14 heavy (non-hydrogen) atoms. The fourth-order valence-corrected chi connectivity index (χ4v) is 1.65. The molecule has 1 aromatic carbocycles. The molecular formula is C10H8BrFN2. The lowest BCUT2D eigenvalue weighted by Crippen LogP contribution is -1.80. The maximum absolute atomic E-state index is 12.9. The van der Waals surface area contributed by atoms with Crippen LogP contribution in [-0.2, 0) is 0 Å². The number of hydrogen-bond donors (Lipinski definition) is 1. The molecule has 72 valence electrons. The van der Waals surface area contributed by atoms with Gasteiger partial charge >= 0.3 is 0 Å². The molecule has 1 N–H and O–H groups in total. The fourth-order valence-electron chi connectivity index (χ4n) is 1.24. The van der Waals surface area contributed by atoms with Crippen molar-refractivity contribution in [1.82, 2.24) is 10.2 Å². The molecule has 1 aromatic heterocycles. The first-order valence-corrected chi connectivity index (χ1v) is 4.94. The molecule has 2 nitrogen and oxygen atoms in total. The minimum Gasteiger partial charge on any atom is -0.281 e. The van der Waals surface area contributed by atoms with Crippen LogP contribution in [0.1, 0.15) is 5.69 Å². The molecule has 2 rings (SSSR count). The first-order valence-electron chi connectivity index (χ1n) is 4.15. The van der Waals surface area contributed by atoms with Gasteiger partial charge in [-0.3, -0.25) is 5.10 Å². The number of aromatic nitrogens is 2.